The molecule has 0 saturated carbocycles. The first-order valence-electron chi connectivity index (χ1n) is 5.52. The zero-order chi connectivity index (χ0) is 11.3. The van der Waals surface area contributed by atoms with Crippen molar-refractivity contribution < 1.29 is 5.11 Å². The molecule has 0 fully saturated rings. The standard InChI is InChI=1S/C12H21NOS/c1-4-7-12(3,14)9-13-8-11-6-5-10(2)15-11/h5-6,13-14H,4,7-9H2,1-3H3. The number of hydrogen-bond acceptors (Lipinski definition) is 3. The maximum atomic E-state index is 9.94. The lowest BCUT2D eigenvalue weighted by Gasteiger charge is -2.22. The van der Waals surface area contributed by atoms with Crippen LogP contribution in [-0.2, 0) is 6.54 Å². The lowest BCUT2D eigenvalue weighted by atomic mass is 10.0. The van der Waals surface area contributed by atoms with Gasteiger partial charge in [0.1, 0.15) is 0 Å². The number of nitrogens with one attached hydrogen (secondary N) is 1. The molecule has 0 bridgehead atoms. The van der Waals surface area contributed by atoms with E-state index in [4.69, 9.17) is 0 Å². The van der Waals surface area contributed by atoms with Gasteiger partial charge in [0.2, 0.25) is 0 Å². The molecule has 0 radical (unpaired) electrons. The third-order valence-electron chi connectivity index (χ3n) is 2.39. The molecule has 0 aromatic carbocycles. The summed E-state index contributed by atoms with van der Waals surface area (Å²) in [5, 5.41) is 13.2. The number of aryl methyl sites for hydroxylation is 1. The molecular weight excluding hydrogens is 206 g/mol. The Morgan fingerprint density at radius 2 is 2.20 bits per heavy atom. The van der Waals surface area contributed by atoms with Crippen LogP contribution in [0.5, 0.6) is 0 Å². The van der Waals surface area contributed by atoms with Crippen molar-refractivity contribution in [1.82, 2.24) is 5.32 Å². The Hall–Kier alpha value is -0.380. The number of aliphatic hydroxyl groups is 1. The molecule has 0 spiro atoms. The fourth-order valence-electron chi connectivity index (χ4n) is 1.66. The van der Waals surface area contributed by atoms with Crippen LogP contribution < -0.4 is 5.32 Å². The lowest BCUT2D eigenvalue weighted by Crippen LogP contribution is -2.37. The maximum absolute atomic E-state index is 9.94. The summed E-state index contributed by atoms with van der Waals surface area (Å²) in [5.74, 6) is 0. The summed E-state index contributed by atoms with van der Waals surface area (Å²) in [6.07, 6.45) is 1.87. The van der Waals surface area contributed by atoms with Crippen LogP contribution in [0.3, 0.4) is 0 Å². The van der Waals surface area contributed by atoms with Gasteiger partial charge in [-0.3, -0.25) is 0 Å². The van der Waals surface area contributed by atoms with Gasteiger partial charge in [0.25, 0.3) is 0 Å². The number of rotatable bonds is 6. The minimum Gasteiger partial charge on any atom is -0.389 e. The molecule has 3 heteroatoms. The van der Waals surface area contributed by atoms with E-state index in [1.165, 1.54) is 9.75 Å². The van der Waals surface area contributed by atoms with Gasteiger partial charge in [0.15, 0.2) is 0 Å². The predicted octanol–water partition coefficient (Wildman–Crippen LogP) is 2.70. The van der Waals surface area contributed by atoms with E-state index in [9.17, 15) is 5.11 Å². The molecule has 1 heterocycles. The second kappa shape index (κ2) is 5.64. The van der Waals surface area contributed by atoms with Gasteiger partial charge in [-0.25, -0.2) is 0 Å². The Bertz CT molecular complexity index is 294. The summed E-state index contributed by atoms with van der Waals surface area (Å²) in [4.78, 5) is 2.67. The minimum absolute atomic E-state index is 0.568. The first-order valence-corrected chi connectivity index (χ1v) is 6.33. The first kappa shape index (κ1) is 12.7. The Kier molecular flexibility index (Phi) is 4.77. The highest BCUT2D eigenvalue weighted by molar-refractivity contribution is 7.11. The van der Waals surface area contributed by atoms with Crippen LogP contribution in [0.4, 0.5) is 0 Å². The fraction of sp³-hybridized carbons (Fsp3) is 0.667. The quantitative estimate of drug-likeness (QED) is 0.783. The molecule has 2 N–H and O–H groups in total. The SMILES string of the molecule is CCCC(C)(O)CNCc1ccc(C)s1. The second-order valence-corrected chi connectivity index (χ2v) is 5.74. The monoisotopic (exact) mass is 227 g/mol. The molecule has 0 aliphatic heterocycles. The third-order valence-corrected chi connectivity index (χ3v) is 3.39. The van der Waals surface area contributed by atoms with E-state index in [0.717, 1.165) is 19.4 Å². The summed E-state index contributed by atoms with van der Waals surface area (Å²) in [6, 6.07) is 4.27. The predicted molar refractivity (Wildman–Crippen MR) is 66.3 cm³/mol. The molecule has 15 heavy (non-hydrogen) atoms. The second-order valence-electron chi connectivity index (χ2n) is 4.36. The lowest BCUT2D eigenvalue weighted by molar-refractivity contribution is 0.0498. The number of hydrogen-bond donors (Lipinski definition) is 2. The molecule has 1 aromatic heterocycles. The molecule has 86 valence electrons. The van der Waals surface area contributed by atoms with Crippen molar-refractivity contribution in [2.24, 2.45) is 0 Å². The summed E-state index contributed by atoms with van der Waals surface area (Å²) >= 11 is 1.81. The molecule has 0 aliphatic rings. The Balaban J connectivity index is 2.27. The zero-order valence-electron chi connectivity index (χ0n) is 9.84. The normalized spacial score (nSPS) is 15.2. The molecule has 0 amide bonds. The third kappa shape index (κ3) is 4.78. The molecule has 1 atom stereocenters. The average molecular weight is 227 g/mol. The topological polar surface area (TPSA) is 32.3 Å². The van der Waals surface area contributed by atoms with Gasteiger partial charge in [0, 0.05) is 22.8 Å². The van der Waals surface area contributed by atoms with Crippen molar-refractivity contribution in [2.45, 2.75) is 45.8 Å². The van der Waals surface area contributed by atoms with Crippen molar-refractivity contribution in [3.05, 3.63) is 21.9 Å². The Morgan fingerprint density at radius 1 is 1.47 bits per heavy atom. The molecule has 1 rings (SSSR count). The first-order chi connectivity index (χ1) is 7.03. The van der Waals surface area contributed by atoms with Gasteiger partial charge in [-0.05, 0) is 32.4 Å². The van der Waals surface area contributed by atoms with E-state index in [1.54, 1.807) is 0 Å². The van der Waals surface area contributed by atoms with Crippen LogP contribution in [0.1, 0.15) is 36.4 Å². The molecule has 1 aromatic rings. The summed E-state index contributed by atoms with van der Waals surface area (Å²) in [7, 11) is 0. The fourth-order valence-corrected chi connectivity index (χ4v) is 2.52. The van der Waals surface area contributed by atoms with Crippen LogP contribution >= 0.6 is 11.3 Å². The van der Waals surface area contributed by atoms with Crippen LogP contribution in [0.25, 0.3) is 0 Å². The highest BCUT2D eigenvalue weighted by atomic mass is 32.1. The van der Waals surface area contributed by atoms with E-state index in [0.29, 0.717) is 6.54 Å². The van der Waals surface area contributed by atoms with Crippen LogP contribution in [-0.4, -0.2) is 17.3 Å². The molecule has 0 saturated heterocycles. The van der Waals surface area contributed by atoms with Crippen molar-refractivity contribution in [1.29, 1.82) is 0 Å². The van der Waals surface area contributed by atoms with Crippen LogP contribution in [0, 0.1) is 6.92 Å². The van der Waals surface area contributed by atoms with E-state index in [1.807, 2.05) is 18.3 Å². The molecule has 2 nitrogen and oxygen atoms in total. The summed E-state index contributed by atoms with van der Waals surface area (Å²) in [5.41, 5.74) is -0.568. The van der Waals surface area contributed by atoms with Gasteiger partial charge in [-0.2, -0.15) is 0 Å². The highest BCUT2D eigenvalue weighted by Crippen LogP contribution is 2.15. The highest BCUT2D eigenvalue weighted by Gasteiger charge is 2.17. The van der Waals surface area contributed by atoms with Gasteiger partial charge in [0.05, 0.1) is 5.60 Å². The number of thiophene rings is 1. The van der Waals surface area contributed by atoms with Crippen LogP contribution in [0.15, 0.2) is 12.1 Å². The van der Waals surface area contributed by atoms with Gasteiger partial charge in [-0.1, -0.05) is 13.3 Å². The summed E-state index contributed by atoms with van der Waals surface area (Å²) in [6.45, 7) is 7.62. The minimum atomic E-state index is -0.568. The average Bonchev–Trinajstić information content (AvgIpc) is 2.51. The summed E-state index contributed by atoms with van der Waals surface area (Å²) < 4.78 is 0. The largest absolute Gasteiger partial charge is 0.389 e. The van der Waals surface area contributed by atoms with E-state index in [-0.39, 0.29) is 0 Å². The molecular formula is C12H21NOS. The molecule has 0 aliphatic carbocycles. The van der Waals surface area contributed by atoms with Gasteiger partial charge in [-0.15, -0.1) is 11.3 Å². The zero-order valence-corrected chi connectivity index (χ0v) is 10.7. The van der Waals surface area contributed by atoms with Crippen molar-refractivity contribution in [2.75, 3.05) is 6.54 Å². The van der Waals surface area contributed by atoms with E-state index >= 15 is 0 Å². The van der Waals surface area contributed by atoms with Crippen molar-refractivity contribution >= 4 is 11.3 Å². The smallest absolute Gasteiger partial charge is 0.0743 e. The van der Waals surface area contributed by atoms with Gasteiger partial charge < -0.3 is 10.4 Å². The van der Waals surface area contributed by atoms with Gasteiger partial charge >= 0.3 is 0 Å². The van der Waals surface area contributed by atoms with E-state index < -0.39 is 5.60 Å². The van der Waals surface area contributed by atoms with E-state index in [2.05, 4.69) is 31.3 Å². The Labute approximate surface area is 96.3 Å². The van der Waals surface area contributed by atoms with Crippen molar-refractivity contribution in [3.8, 4) is 0 Å². The Morgan fingerprint density at radius 3 is 2.73 bits per heavy atom. The molecule has 1 unspecified atom stereocenters. The van der Waals surface area contributed by atoms with Crippen LogP contribution in [0.2, 0.25) is 0 Å². The maximum Gasteiger partial charge on any atom is 0.0743 e. The van der Waals surface area contributed by atoms with Crippen molar-refractivity contribution in [3.63, 3.8) is 0 Å².